The zero-order chi connectivity index (χ0) is 9.26. The van der Waals surface area contributed by atoms with Gasteiger partial charge in [0.15, 0.2) is 0 Å². The van der Waals surface area contributed by atoms with Crippen molar-refractivity contribution in [1.29, 1.82) is 0 Å². The zero-order valence-electron chi connectivity index (χ0n) is 8.71. The predicted molar refractivity (Wildman–Crippen MR) is 61.2 cm³/mol. The van der Waals surface area contributed by atoms with E-state index < -0.39 is 0 Å². The summed E-state index contributed by atoms with van der Waals surface area (Å²) in [6.07, 6.45) is 8.90. The molecule has 2 aliphatic rings. The summed E-state index contributed by atoms with van der Waals surface area (Å²) >= 11 is 4.38. The second kappa shape index (κ2) is 4.25. The molecule has 4 atom stereocenters. The number of hydrogen-bond donors (Lipinski definition) is 1. The van der Waals surface area contributed by atoms with Crippen molar-refractivity contribution in [2.45, 2.75) is 45.4 Å². The van der Waals surface area contributed by atoms with E-state index in [0.29, 0.717) is 0 Å². The van der Waals surface area contributed by atoms with Crippen LogP contribution in [-0.2, 0) is 0 Å². The minimum absolute atomic E-state index is 1.01. The first-order chi connectivity index (χ1) is 6.33. The van der Waals surface area contributed by atoms with Gasteiger partial charge in [0.1, 0.15) is 0 Å². The summed E-state index contributed by atoms with van der Waals surface area (Å²) in [5.41, 5.74) is 0. The van der Waals surface area contributed by atoms with Gasteiger partial charge >= 0.3 is 0 Å². The van der Waals surface area contributed by atoms with Crippen molar-refractivity contribution in [3.63, 3.8) is 0 Å². The summed E-state index contributed by atoms with van der Waals surface area (Å²) in [5, 5.41) is 0. The monoisotopic (exact) mass is 198 g/mol. The summed E-state index contributed by atoms with van der Waals surface area (Å²) in [6, 6.07) is 0. The molecule has 4 unspecified atom stereocenters. The number of fused-ring (bicyclic) bond motifs is 1. The van der Waals surface area contributed by atoms with E-state index in [1.165, 1.54) is 38.5 Å². The maximum absolute atomic E-state index is 4.38. The molecule has 0 aromatic rings. The van der Waals surface area contributed by atoms with E-state index in [0.717, 1.165) is 29.4 Å². The van der Waals surface area contributed by atoms with Crippen LogP contribution in [0.15, 0.2) is 0 Å². The van der Waals surface area contributed by atoms with Gasteiger partial charge in [0.2, 0.25) is 0 Å². The first kappa shape index (κ1) is 9.89. The highest BCUT2D eigenvalue weighted by atomic mass is 32.1. The van der Waals surface area contributed by atoms with Crippen molar-refractivity contribution in [1.82, 2.24) is 0 Å². The van der Waals surface area contributed by atoms with Gasteiger partial charge in [-0.15, -0.1) is 0 Å². The van der Waals surface area contributed by atoms with Gasteiger partial charge in [0.05, 0.1) is 0 Å². The van der Waals surface area contributed by atoms with Crippen LogP contribution >= 0.6 is 12.6 Å². The van der Waals surface area contributed by atoms with Gasteiger partial charge < -0.3 is 0 Å². The molecule has 0 aromatic carbocycles. The third kappa shape index (κ3) is 1.91. The number of rotatable bonds is 2. The van der Waals surface area contributed by atoms with Crippen LogP contribution in [0, 0.1) is 23.7 Å². The topological polar surface area (TPSA) is 0 Å². The molecule has 76 valence electrons. The first-order valence-corrected chi connectivity index (χ1v) is 6.57. The third-order valence-electron chi connectivity index (χ3n) is 4.39. The second-order valence-corrected chi connectivity index (χ2v) is 5.54. The fourth-order valence-electron chi connectivity index (χ4n) is 3.86. The molecule has 0 aromatic heterocycles. The lowest BCUT2D eigenvalue weighted by Crippen LogP contribution is -2.27. The Morgan fingerprint density at radius 1 is 1.15 bits per heavy atom. The Morgan fingerprint density at radius 3 is 2.77 bits per heavy atom. The highest BCUT2D eigenvalue weighted by molar-refractivity contribution is 7.80. The molecule has 0 aliphatic heterocycles. The Labute approximate surface area is 87.9 Å². The van der Waals surface area contributed by atoms with E-state index in [4.69, 9.17) is 0 Å². The van der Waals surface area contributed by atoms with Crippen molar-refractivity contribution in [2.24, 2.45) is 23.7 Å². The molecule has 0 radical (unpaired) electrons. The Hall–Kier alpha value is 0.350. The lowest BCUT2D eigenvalue weighted by molar-refractivity contribution is 0.153. The van der Waals surface area contributed by atoms with Crippen LogP contribution in [0.5, 0.6) is 0 Å². The molecule has 2 rings (SSSR count). The highest BCUT2D eigenvalue weighted by Gasteiger charge is 2.40. The Balaban J connectivity index is 2.00. The van der Waals surface area contributed by atoms with Crippen molar-refractivity contribution < 1.29 is 0 Å². The van der Waals surface area contributed by atoms with E-state index in [-0.39, 0.29) is 0 Å². The molecule has 0 bridgehead atoms. The predicted octanol–water partition coefficient (Wildman–Crippen LogP) is 3.77. The van der Waals surface area contributed by atoms with Crippen LogP contribution in [0.3, 0.4) is 0 Å². The van der Waals surface area contributed by atoms with Crippen LogP contribution in [0.1, 0.15) is 45.4 Å². The molecule has 2 fully saturated rings. The largest absolute Gasteiger partial charge is 0.179 e. The first-order valence-electron chi connectivity index (χ1n) is 5.93. The van der Waals surface area contributed by atoms with Crippen LogP contribution in [0.4, 0.5) is 0 Å². The van der Waals surface area contributed by atoms with Gasteiger partial charge in [-0.2, -0.15) is 12.6 Å². The normalized spacial score (nSPS) is 44.8. The molecule has 0 heterocycles. The molecule has 0 nitrogen and oxygen atoms in total. The number of thiol groups is 1. The van der Waals surface area contributed by atoms with Crippen molar-refractivity contribution in [2.75, 3.05) is 5.75 Å². The summed E-state index contributed by atoms with van der Waals surface area (Å²) in [7, 11) is 0. The molecule has 2 aliphatic carbocycles. The minimum Gasteiger partial charge on any atom is -0.179 e. The number of hydrogen-bond acceptors (Lipinski definition) is 1. The van der Waals surface area contributed by atoms with Gasteiger partial charge in [0.25, 0.3) is 0 Å². The van der Waals surface area contributed by atoms with E-state index in [1.54, 1.807) is 0 Å². The summed E-state index contributed by atoms with van der Waals surface area (Å²) in [4.78, 5) is 0. The molecule has 0 amide bonds. The highest BCUT2D eigenvalue weighted by Crippen LogP contribution is 2.49. The zero-order valence-corrected chi connectivity index (χ0v) is 9.60. The van der Waals surface area contributed by atoms with E-state index >= 15 is 0 Å². The SMILES string of the molecule is CC1CCCC2CCC(CCS)C12. The standard InChI is InChI=1S/C12H22S/c1-9-3-2-4-10-5-6-11(7-8-13)12(9)10/h9-13H,2-8H2,1H3. The molecule has 0 spiro atoms. The smallest absolute Gasteiger partial charge is 0.00952 e. The van der Waals surface area contributed by atoms with Crippen LogP contribution < -0.4 is 0 Å². The van der Waals surface area contributed by atoms with Gasteiger partial charge in [-0.25, -0.2) is 0 Å². The summed E-state index contributed by atoms with van der Waals surface area (Å²) in [6.45, 7) is 2.48. The second-order valence-electron chi connectivity index (χ2n) is 5.10. The van der Waals surface area contributed by atoms with E-state index in [2.05, 4.69) is 19.6 Å². The maximum atomic E-state index is 4.38. The lowest BCUT2D eigenvalue weighted by atomic mass is 9.71. The van der Waals surface area contributed by atoms with Crippen molar-refractivity contribution in [3.05, 3.63) is 0 Å². The molecule has 1 heteroatoms. The van der Waals surface area contributed by atoms with Crippen molar-refractivity contribution >= 4 is 12.6 Å². The fraction of sp³-hybridized carbons (Fsp3) is 1.00. The van der Waals surface area contributed by atoms with Gasteiger partial charge in [-0.05, 0) is 48.7 Å². The summed E-state index contributed by atoms with van der Waals surface area (Å²) in [5.74, 6) is 5.29. The molecular formula is C12H22S. The lowest BCUT2D eigenvalue weighted by Gasteiger charge is -2.35. The molecular weight excluding hydrogens is 176 g/mol. The maximum Gasteiger partial charge on any atom is -0.00952 e. The van der Waals surface area contributed by atoms with Gasteiger partial charge in [0, 0.05) is 0 Å². The Morgan fingerprint density at radius 2 is 2.00 bits per heavy atom. The van der Waals surface area contributed by atoms with Crippen LogP contribution in [0.25, 0.3) is 0 Å². The van der Waals surface area contributed by atoms with Crippen LogP contribution in [-0.4, -0.2) is 5.75 Å². The molecule has 2 saturated carbocycles. The minimum atomic E-state index is 1.01. The average molecular weight is 198 g/mol. The molecule has 13 heavy (non-hydrogen) atoms. The third-order valence-corrected chi connectivity index (χ3v) is 4.65. The molecule has 0 saturated heterocycles. The Bertz CT molecular complexity index is 167. The summed E-state index contributed by atoms with van der Waals surface area (Å²) < 4.78 is 0. The van der Waals surface area contributed by atoms with Gasteiger partial charge in [-0.1, -0.05) is 26.2 Å². The molecule has 0 N–H and O–H groups in total. The van der Waals surface area contributed by atoms with Gasteiger partial charge in [-0.3, -0.25) is 0 Å². The quantitative estimate of drug-likeness (QED) is 0.642. The van der Waals surface area contributed by atoms with E-state index in [9.17, 15) is 0 Å². The fourth-order valence-corrected chi connectivity index (χ4v) is 4.19. The Kier molecular flexibility index (Phi) is 3.23. The average Bonchev–Trinajstić information content (AvgIpc) is 2.51. The van der Waals surface area contributed by atoms with E-state index in [1.807, 2.05) is 0 Å². The van der Waals surface area contributed by atoms with Crippen LogP contribution in [0.2, 0.25) is 0 Å². The van der Waals surface area contributed by atoms with Crippen molar-refractivity contribution in [3.8, 4) is 0 Å².